The number of rotatable bonds is 4. The summed E-state index contributed by atoms with van der Waals surface area (Å²) in [7, 11) is 0. The first-order valence-corrected chi connectivity index (χ1v) is 8.45. The lowest BCUT2D eigenvalue weighted by Gasteiger charge is -2.38. The molecule has 1 spiro atoms. The van der Waals surface area contributed by atoms with E-state index >= 15 is 0 Å². The molecular formula is C18H24F2N2O. The molecule has 2 heterocycles. The average Bonchev–Trinajstić information content (AvgIpc) is 2.82. The van der Waals surface area contributed by atoms with E-state index in [9.17, 15) is 13.6 Å². The molecule has 3 nitrogen and oxygen atoms in total. The molecule has 23 heavy (non-hydrogen) atoms. The standard InChI is InChI=1S/C18H24F2N2O/c1-2-7-21-8-5-18(6-9-21)11-17(23)22(13-18)12-14-3-4-15(19)16(20)10-14/h3-4,10H,2,5-9,11-13H2,1H3. The normalized spacial score (nSPS) is 21.3. The van der Waals surface area contributed by atoms with Gasteiger partial charge in [0.1, 0.15) is 0 Å². The van der Waals surface area contributed by atoms with Gasteiger partial charge < -0.3 is 9.80 Å². The van der Waals surface area contributed by atoms with Crippen LogP contribution in [0, 0.1) is 17.0 Å². The van der Waals surface area contributed by atoms with Crippen LogP contribution < -0.4 is 0 Å². The highest BCUT2D eigenvalue weighted by atomic mass is 19.2. The zero-order valence-electron chi connectivity index (χ0n) is 13.7. The van der Waals surface area contributed by atoms with Crippen molar-refractivity contribution in [2.24, 2.45) is 5.41 Å². The van der Waals surface area contributed by atoms with E-state index in [1.807, 2.05) is 4.90 Å². The van der Waals surface area contributed by atoms with Gasteiger partial charge in [-0.25, -0.2) is 8.78 Å². The number of nitrogens with zero attached hydrogens (tertiary/aromatic N) is 2. The molecule has 2 saturated heterocycles. The Labute approximate surface area is 136 Å². The Morgan fingerprint density at radius 1 is 1.17 bits per heavy atom. The molecule has 0 atom stereocenters. The van der Waals surface area contributed by atoms with Gasteiger partial charge in [-0.15, -0.1) is 0 Å². The van der Waals surface area contributed by atoms with E-state index in [1.165, 1.54) is 6.07 Å². The van der Waals surface area contributed by atoms with E-state index in [0.717, 1.165) is 51.5 Å². The summed E-state index contributed by atoms with van der Waals surface area (Å²) in [6, 6.07) is 3.88. The van der Waals surface area contributed by atoms with Crippen molar-refractivity contribution < 1.29 is 13.6 Å². The van der Waals surface area contributed by atoms with E-state index in [-0.39, 0.29) is 11.3 Å². The summed E-state index contributed by atoms with van der Waals surface area (Å²) >= 11 is 0. The van der Waals surface area contributed by atoms with E-state index in [4.69, 9.17) is 0 Å². The zero-order valence-corrected chi connectivity index (χ0v) is 13.7. The number of hydrogen-bond acceptors (Lipinski definition) is 2. The van der Waals surface area contributed by atoms with Crippen molar-refractivity contribution >= 4 is 5.91 Å². The number of carbonyl (C=O) groups excluding carboxylic acids is 1. The van der Waals surface area contributed by atoms with Crippen molar-refractivity contribution in [2.75, 3.05) is 26.2 Å². The molecule has 0 aromatic heterocycles. The maximum absolute atomic E-state index is 13.3. The summed E-state index contributed by atoms with van der Waals surface area (Å²) in [5, 5.41) is 0. The molecule has 0 unspecified atom stereocenters. The monoisotopic (exact) mass is 322 g/mol. The van der Waals surface area contributed by atoms with Gasteiger partial charge >= 0.3 is 0 Å². The minimum atomic E-state index is -0.850. The highest BCUT2D eigenvalue weighted by molar-refractivity contribution is 5.79. The third kappa shape index (κ3) is 3.55. The van der Waals surface area contributed by atoms with Crippen LogP contribution in [-0.4, -0.2) is 41.9 Å². The van der Waals surface area contributed by atoms with Gasteiger partial charge in [-0.05, 0) is 62.0 Å². The Morgan fingerprint density at radius 3 is 2.57 bits per heavy atom. The van der Waals surface area contributed by atoms with Gasteiger partial charge in [-0.2, -0.15) is 0 Å². The van der Waals surface area contributed by atoms with Crippen LogP contribution in [0.5, 0.6) is 0 Å². The summed E-state index contributed by atoms with van der Waals surface area (Å²) in [6.07, 6.45) is 3.85. The minimum Gasteiger partial charge on any atom is -0.338 e. The molecule has 1 aromatic rings. The molecule has 0 bridgehead atoms. The summed E-state index contributed by atoms with van der Waals surface area (Å²) in [6.45, 7) is 6.54. The number of halogens is 2. The molecule has 5 heteroatoms. The van der Waals surface area contributed by atoms with Crippen molar-refractivity contribution in [1.82, 2.24) is 9.80 Å². The van der Waals surface area contributed by atoms with Gasteiger partial charge in [0.25, 0.3) is 0 Å². The quantitative estimate of drug-likeness (QED) is 0.850. The number of piperidine rings is 1. The summed E-state index contributed by atoms with van der Waals surface area (Å²) in [5.74, 6) is -1.56. The number of benzene rings is 1. The molecule has 2 aliphatic rings. The fourth-order valence-corrected chi connectivity index (χ4v) is 3.89. The number of amides is 1. The number of carbonyl (C=O) groups is 1. The van der Waals surface area contributed by atoms with Crippen LogP contribution in [0.25, 0.3) is 0 Å². The SMILES string of the molecule is CCCN1CCC2(CC1)CC(=O)N(Cc1ccc(F)c(F)c1)C2. The second-order valence-electron chi connectivity index (χ2n) is 7.02. The van der Waals surface area contributed by atoms with Crippen molar-refractivity contribution in [3.05, 3.63) is 35.4 Å². The number of likely N-dealkylation sites (tertiary alicyclic amines) is 2. The molecule has 0 N–H and O–H groups in total. The summed E-state index contributed by atoms with van der Waals surface area (Å²) in [5.41, 5.74) is 0.734. The fraction of sp³-hybridized carbons (Fsp3) is 0.611. The van der Waals surface area contributed by atoms with Gasteiger partial charge in [0, 0.05) is 19.5 Å². The lowest BCUT2D eigenvalue weighted by molar-refractivity contribution is -0.128. The summed E-state index contributed by atoms with van der Waals surface area (Å²) in [4.78, 5) is 16.6. The molecule has 126 valence electrons. The van der Waals surface area contributed by atoms with Gasteiger partial charge in [-0.1, -0.05) is 13.0 Å². The third-order valence-electron chi connectivity index (χ3n) is 5.22. The van der Waals surface area contributed by atoms with Crippen LogP contribution in [0.15, 0.2) is 18.2 Å². The lowest BCUT2D eigenvalue weighted by Crippen LogP contribution is -2.41. The first kappa shape index (κ1) is 16.4. The molecule has 0 radical (unpaired) electrons. The predicted octanol–water partition coefficient (Wildman–Crippen LogP) is 3.19. The second-order valence-corrected chi connectivity index (χ2v) is 7.02. The minimum absolute atomic E-state index is 0.0832. The van der Waals surface area contributed by atoms with Crippen LogP contribution in [0.2, 0.25) is 0 Å². The highest BCUT2D eigenvalue weighted by Gasteiger charge is 2.44. The predicted molar refractivity (Wildman–Crippen MR) is 84.8 cm³/mol. The Balaban J connectivity index is 1.62. The van der Waals surface area contributed by atoms with Gasteiger partial charge in [0.2, 0.25) is 5.91 Å². The first-order chi connectivity index (χ1) is 11.0. The van der Waals surface area contributed by atoms with Crippen LogP contribution >= 0.6 is 0 Å². The van der Waals surface area contributed by atoms with Gasteiger partial charge in [0.15, 0.2) is 11.6 Å². The molecule has 1 aromatic carbocycles. The van der Waals surface area contributed by atoms with E-state index in [2.05, 4.69) is 11.8 Å². The highest BCUT2D eigenvalue weighted by Crippen LogP contribution is 2.41. The Bertz CT molecular complexity index is 582. The Kier molecular flexibility index (Phi) is 4.67. The molecule has 3 rings (SSSR count). The van der Waals surface area contributed by atoms with Crippen molar-refractivity contribution in [3.63, 3.8) is 0 Å². The number of hydrogen-bond donors (Lipinski definition) is 0. The van der Waals surface area contributed by atoms with Gasteiger partial charge in [-0.3, -0.25) is 4.79 Å². The Hall–Kier alpha value is -1.49. The molecule has 2 fully saturated rings. The smallest absolute Gasteiger partial charge is 0.223 e. The maximum atomic E-state index is 13.3. The molecule has 0 aliphatic carbocycles. The maximum Gasteiger partial charge on any atom is 0.223 e. The molecular weight excluding hydrogens is 298 g/mol. The van der Waals surface area contributed by atoms with Crippen molar-refractivity contribution in [2.45, 2.75) is 39.2 Å². The van der Waals surface area contributed by atoms with E-state index < -0.39 is 11.6 Å². The van der Waals surface area contributed by atoms with Crippen molar-refractivity contribution in [1.29, 1.82) is 0 Å². The van der Waals surface area contributed by atoms with E-state index in [0.29, 0.717) is 18.5 Å². The van der Waals surface area contributed by atoms with Crippen LogP contribution in [0.3, 0.4) is 0 Å². The van der Waals surface area contributed by atoms with Crippen LogP contribution in [0.1, 0.15) is 38.2 Å². The largest absolute Gasteiger partial charge is 0.338 e. The van der Waals surface area contributed by atoms with Gasteiger partial charge in [0.05, 0.1) is 0 Å². The zero-order chi connectivity index (χ0) is 16.4. The second kappa shape index (κ2) is 6.56. The third-order valence-corrected chi connectivity index (χ3v) is 5.22. The Morgan fingerprint density at radius 2 is 1.91 bits per heavy atom. The molecule has 2 aliphatic heterocycles. The molecule has 1 amide bonds. The summed E-state index contributed by atoms with van der Waals surface area (Å²) < 4.78 is 26.3. The van der Waals surface area contributed by atoms with Crippen LogP contribution in [-0.2, 0) is 11.3 Å². The molecule has 0 saturated carbocycles. The average molecular weight is 322 g/mol. The first-order valence-electron chi connectivity index (χ1n) is 8.45. The fourth-order valence-electron chi connectivity index (χ4n) is 3.89. The lowest BCUT2D eigenvalue weighted by atomic mass is 9.77. The van der Waals surface area contributed by atoms with Crippen LogP contribution in [0.4, 0.5) is 8.78 Å². The topological polar surface area (TPSA) is 23.6 Å². The van der Waals surface area contributed by atoms with Crippen molar-refractivity contribution in [3.8, 4) is 0 Å². The van der Waals surface area contributed by atoms with E-state index in [1.54, 1.807) is 6.07 Å².